The number of carbonyl (C=O) groups is 6. The Bertz CT molecular complexity index is 1130. The Hall–Kier alpha value is -4.24. The molecule has 0 aliphatic heterocycles. The second-order valence-corrected chi connectivity index (χ2v) is 11.0. The van der Waals surface area contributed by atoms with Gasteiger partial charge in [-0.25, -0.2) is 0 Å². The fourth-order valence-corrected chi connectivity index (χ4v) is 4.17. The van der Waals surface area contributed by atoms with E-state index in [1.54, 1.807) is 12.1 Å². The maximum atomic E-state index is 13.6. The predicted molar refractivity (Wildman–Crippen MR) is 160 cm³/mol. The van der Waals surface area contributed by atoms with Crippen molar-refractivity contribution in [3.63, 3.8) is 0 Å². The number of amides is 5. The second-order valence-electron chi connectivity index (χ2n) is 11.0. The molecular weight excluding hydrogens is 576 g/mol. The number of nitrogens with one attached hydrogen (secondary N) is 5. The molecule has 0 saturated heterocycles. The lowest BCUT2D eigenvalue weighted by atomic mass is 10.00. The van der Waals surface area contributed by atoms with Crippen LogP contribution in [-0.2, 0) is 35.2 Å². The number of benzene rings is 1. The number of hydrogen-bond acceptors (Lipinski definition) is 9. The van der Waals surface area contributed by atoms with Gasteiger partial charge in [0, 0.05) is 13.3 Å². The number of aliphatic hydroxyl groups excluding tert-OH is 1. The number of unbranched alkanes of at least 4 members (excludes halogenated alkanes) is 1. The van der Waals surface area contributed by atoms with Crippen LogP contribution >= 0.6 is 0 Å². The van der Waals surface area contributed by atoms with E-state index in [-0.39, 0.29) is 30.9 Å². The van der Waals surface area contributed by atoms with Crippen LogP contribution in [0.1, 0.15) is 58.9 Å². The molecule has 1 aromatic rings. The summed E-state index contributed by atoms with van der Waals surface area (Å²) in [6, 6.07) is -0.167. The van der Waals surface area contributed by atoms with Crippen molar-refractivity contribution in [2.75, 3.05) is 13.2 Å². The number of carbonyl (C=O) groups excluding carboxylic acids is 5. The highest BCUT2D eigenvalue weighted by molar-refractivity contribution is 5.96. The molecular formula is C29H46N6O9. The first-order valence-corrected chi connectivity index (χ1v) is 14.5. The number of rotatable bonds is 19. The minimum absolute atomic E-state index is 0.0127. The summed E-state index contributed by atoms with van der Waals surface area (Å²) in [5.74, 6) is -4.91. The lowest BCUT2D eigenvalue weighted by Gasteiger charge is -2.27. The Kier molecular flexibility index (Phi) is 16.4. The Morgan fingerprint density at radius 2 is 1.27 bits per heavy atom. The fourth-order valence-electron chi connectivity index (χ4n) is 4.17. The molecule has 0 fully saturated rings. The van der Waals surface area contributed by atoms with Gasteiger partial charge < -0.3 is 47.6 Å². The molecule has 0 unspecified atom stereocenters. The molecule has 246 valence electrons. The van der Waals surface area contributed by atoms with Crippen molar-refractivity contribution in [2.24, 2.45) is 11.7 Å². The lowest BCUT2D eigenvalue weighted by molar-refractivity contribution is -0.142. The molecule has 1 aromatic carbocycles. The van der Waals surface area contributed by atoms with Gasteiger partial charge in [-0.1, -0.05) is 26.0 Å². The Labute approximate surface area is 256 Å². The molecule has 0 radical (unpaired) electrons. The third kappa shape index (κ3) is 13.8. The van der Waals surface area contributed by atoms with Crippen molar-refractivity contribution < 1.29 is 44.1 Å². The summed E-state index contributed by atoms with van der Waals surface area (Å²) in [7, 11) is 0. The number of phenols is 1. The first-order chi connectivity index (χ1) is 20.7. The summed E-state index contributed by atoms with van der Waals surface area (Å²) in [4.78, 5) is 75.5. The SMILES string of the molecule is CC(=O)N[C@@H](CO)C(=O)N[C@@H](Cc1ccc(O)cc1)C(=O)N[C@@H](CC(C)C)C(=O)N[C@@H](CCCCN)C(=O)N[C@@H](C)C(=O)O. The van der Waals surface area contributed by atoms with Gasteiger partial charge in [-0.05, 0) is 62.8 Å². The third-order valence-electron chi connectivity index (χ3n) is 6.53. The second kappa shape index (κ2) is 19.1. The molecule has 0 aliphatic rings. The zero-order valence-electron chi connectivity index (χ0n) is 25.6. The van der Waals surface area contributed by atoms with Gasteiger partial charge in [0.2, 0.25) is 29.5 Å². The monoisotopic (exact) mass is 622 g/mol. The Morgan fingerprint density at radius 1 is 0.750 bits per heavy atom. The van der Waals surface area contributed by atoms with Crippen molar-refractivity contribution in [3.8, 4) is 5.75 Å². The average molecular weight is 623 g/mol. The van der Waals surface area contributed by atoms with Gasteiger partial charge >= 0.3 is 5.97 Å². The van der Waals surface area contributed by atoms with Crippen LogP contribution in [0.15, 0.2) is 24.3 Å². The standard InChI is InChI=1S/C29H46N6O9/c1-16(2)13-22(26(40)33-21(7-5-6-12-30)25(39)31-17(3)29(43)44)34-27(41)23(14-19-8-10-20(38)11-9-19)35-28(42)24(15-36)32-18(4)37/h8-11,16-17,21-24,36,38H,5-7,12-15,30H2,1-4H3,(H,31,39)(H,32,37)(H,33,40)(H,34,41)(H,35,42)(H,43,44)/t17-,21-,22-,23-,24-/m0/s1. The molecule has 44 heavy (non-hydrogen) atoms. The molecule has 5 atom stereocenters. The molecule has 0 heterocycles. The van der Waals surface area contributed by atoms with Crippen molar-refractivity contribution in [2.45, 2.75) is 90.0 Å². The minimum Gasteiger partial charge on any atom is -0.508 e. The molecule has 1 rings (SSSR count). The van der Waals surface area contributed by atoms with E-state index in [4.69, 9.17) is 5.73 Å². The number of carboxylic acid groups (broad SMARTS) is 1. The van der Waals surface area contributed by atoms with E-state index >= 15 is 0 Å². The van der Waals surface area contributed by atoms with Gasteiger partial charge in [-0.15, -0.1) is 0 Å². The van der Waals surface area contributed by atoms with Gasteiger partial charge in [-0.3, -0.25) is 28.8 Å². The van der Waals surface area contributed by atoms with Crippen molar-refractivity contribution in [1.82, 2.24) is 26.6 Å². The molecule has 15 nitrogen and oxygen atoms in total. The van der Waals surface area contributed by atoms with Crippen LogP contribution in [0.5, 0.6) is 5.75 Å². The quantitative estimate of drug-likeness (QED) is 0.0821. The molecule has 10 N–H and O–H groups in total. The van der Waals surface area contributed by atoms with Gasteiger partial charge in [0.05, 0.1) is 6.61 Å². The molecule has 0 aliphatic carbocycles. The summed E-state index contributed by atoms with van der Waals surface area (Å²) in [5, 5.41) is 40.8. The van der Waals surface area contributed by atoms with Crippen molar-refractivity contribution in [1.29, 1.82) is 0 Å². The summed E-state index contributed by atoms with van der Waals surface area (Å²) in [6.07, 6.45) is 1.30. The van der Waals surface area contributed by atoms with E-state index in [1.807, 2.05) is 13.8 Å². The molecule has 0 aromatic heterocycles. The van der Waals surface area contributed by atoms with E-state index < -0.39 is 72.3 Å². The van der Waals surface area contributed by atoms with Gasteiger partial charge in [0.1, 0.15) is 36.0 Å². The smallest absolute Gasteiger partial charge is 0.325 e. The number of hydrogen-bond donors (Lipinski definition) is 9. The first kappa shape index (κ1) is 37.8. The zero-order valence-corrected chi connectivity index (χ0v) is 25.6. The normalized spacial score (nSPS) is 14.3. The van der Waals surface area contributed by atoms with Crippen LogP contribution in [0, 0.1) is 5.92 Å². The zero-order chi connectivity index (χ0) is 33.4. The van der Waals surface area contributed by atoms with Crippen molar-refractivity contribution in [3.05, 3.63) is 29.8 Å². The summed E-state index contributed by atoms with van der Waals surface area (Å²) < 4.78 is 0. The number of nitrogens with two attached hydrogens (primary N) is 1. The largest absolute Gasteiger partial charge is 0.508 e. The van der Waals surface area contributed by atoms with Crippen LogP contribution < -0.4 is 32.3 Å². The minimum atomic E-state index is -1.33. The van der Waals surface area contributed by atoms with E-state index in [0.717, 1.165) is 6.92 Å². The molecule has 15 heteroatoms. The highest BCUT2D eigenvalue weighted by Crippen LogP contribution is 2.13. The average Bonchev–Trinajstić information content (AvgIpc) is 2.95. The summed E-state index contributed by atoms with van der Waals surface area (Å²) in [5.41, 5.74) is 6.11. The van der Waals surface area contributed by atoms with Crippen LogP contribution in [0.4, 0.5) is 0 Å². The third-order valence-corrected chi connectivity index (χ3v) is 6.53. The predicted octanol–water partition coefficient (Wildman–Crippen LogP) is -1.35. The van der Waals surface area contributed by atoms with E-state index in [1.165, 1.54) is 19.1 Å². The number of phenolic OH excluding ortho intramolecular Hbond substituents is 1. The Morgan fingerprint density at radius 3 is 1.80 bits per heavy atom. The highest BCUT2D eigenvalue weighted by Gasteiger charge is 2.32. The van der Waals surface area contributed by atoms with Crippen LogP contribution in [0.2, 0.25) is 0 Å². The van der Waals surface area contributed by atoms with E-state index in [0.29, 0.717) is 24.9 Å². The van der Waals surface area contributed by atoms with Crippen LogP contribution in [-0.4, -0.2) is 94.2 Å². The molecule has 0 spiro atoms. The molecule has 0 saturated carbocycles. The Balaban J connectivity index is 3.25. The van der Waals surface area contributed by atoms with Crippen molar-refractivity contribution >= 4 is 35.5 Å². The first-order valence-electron chi connectivity index (χ1n) is 14.5. The summed E-state index contributed by atoms with van der Waals surface area (Å²) in [6.45, 7) is 5.72. The van der Waals surface area contributed by atoms with Gasteiger partial charge in [0.25, 0.3) is 0 Å². The molecule has 5 amide bonds. The molecule has 0 bridgehead atoms. The van der Waals surface area contributed by atoms with E-state index in [9.17, 15) is 44.1 Å². The van der Waals surface area contributed by atoms with Crippen LogP contribution in [0.25, 0.3) is 0 Å². The van der Waals surface area contributed by atoms with Gasteiger partial charge in [-0.2, -0.15) is 0 Å². The van der Waals surface area contributed by atoms with Gasteiger partial charge in [0.15, 0.2) is 0 Å². The van der Waals surface area contributed by atoms with E-state index in [2.05, 4.69) is 26.6 Å². The number of carboxylic acids is 1. The number of aliphatic carboxylic acids is 1. The lowest BCUT2D eigenvalue weighted by Crippen LogP contribution is -2.59. The highest BCUT2D eigenvalue weighted by atomic mass is 16.4. The van der Waals surface area contributed by atoms with Crippen LogP contribution in [0.3, 0.4) is 0 Å². The number of aromatic hydroxyl groups is 1. The maximum Gasteiger partial charge on any atom is 0.325 e. The topological polar surface area (TPSA) is 249 Å². The number of aliphatic hydroxyl groups is 1. The fraction of sp³-hybridized carbons (Fsp3) is 0.586. The summed E-state index contributed by atoms with van der Waals surface area (Å²) >= 11 is 0. The maximum absolute atomic E-state index is 13.6.